The highest BCUT2D eigenvalue weighted by molar-refractivity contribution is 9.10. The normalized spacial score (nSPS) is 11.2. The van der Waals surface area contributed by atoms with Crippen molar-refractivity contribution in [2.75, 3.05) is 6.54 Å². The number of carbonyl (C=O) groups is 1. The summed E-state index contributed by atoms with van der Waals surface area (Å²) >= 11 is 3.14. The van der Waals surface area contributed by atoms with Crippen molar-refractivity contribution in [2.24, 2.45) is 5.14 Å². The Kier molecular flexibility index (Phi) is 4.67. The monoisotopic (exact) mass is 320 g/mol. The lowest BCUT2D eigenvalue weighted by atomic mass is 10.2. The molecule has 0 aromatic heterocycles. The van der Waals surface area contributed by atoms with E-state index in [4.69, 9.17) is 5.14 Å². The van der Waals surface area contributed by atoms with E-state index in [2.05, 4.69) is 21.2 Å². The number of amides is 1. The highest BCUT2D eigenvalue weighted by atomic mass is 79.9. The third-order valence-corrected chi connectivity index (χ3v) is 3.35. The van der Waals surface area contributed by atoms with E-state index in [9.17, 15) is 13.2 Å². The molecule has 0 aliphatic carbocycles. The molecule has 0 aliphatic heterocycles. The number of nitrogens with two attached hydrogens (primary N) is 1. The van der Waals surface area contributed by atoms with E-state index in [1.54, 1.807) is 6.07 Å². The molecule has 7 heteroatoms. The van der Waals surface area contributed by atoms with Gasteiger partial charge in [-0.05, 0) is 24.6 Å². The van der Waals surface area contributed by atoms with Crippen LogP contribution in [0.3, 0.4) is 0 Å². The Labute approximate surface area is 109 Å². The van der Waals surface area contributed by atoms with Crippen LogP contribution in [-0.4, -0.2) is 20.9 Å². The second-order valence-electron chi connectivity index (χ2n) is 3.48. The number of nitrogens with one attached hydrogen (secondary N) is 1. The lowest BCUT2D eigenvalue weighted by Crippen LogP contribution is -2.24. The van der Waals surface area contributed by atoms with E-state index in [-0.39, 0.29) is 16.4 Å². The van der Waals surface area contributed by atoms with Crippen LogP contribution in [0, 0.1) is 0 Å². The van der Waals surface area contributed by atoms with Crippen molar-refractivity contribution in [3.8, 4) is 0 Å². The van der Waals surface area contributed by atoms with Gasteiger partial charge in [-0.1, -0.05) is 22.9 Å². The smallest absolute Gasteiger partial charge is 0.251 e. The maximum atomic E-state index is 11.7. The van der Waals surface area contributed by atoms with Crippen molar-refractivity contribution >= 4 is 31.9 Å². The van der Waals surface area contributed by atoms with E-state index in [0.717, 1.165) is 6.42 Å². The summed E-state index contributed by atoms with van der Waals surface area (Å²) in [6, 6.07) is 4.15. The molecule has 0 radical (unpaired) electrons. The van der Waals surface area contributed by atoms with Crippen LogP contribution in [0.4, 0.5) is 0 Å². The highest BCUT2D eigenvalue weighted by Gasteiger charge is 2.13. The van der Waals surface area contributed by atoms with E-state index in [1.807, 2.05) is 6.92 Å². The fraction of sp³-hybridized carbons (Fsp3) is 0.300. The number of primary sulfonamides is 1. The maximum Gasteiger partial charge on any atom is 0.251 e. The Morgan fingerprint density at radius 1 is 1.41 bits per heavy atom. The molecule has 0 atom stereocenters. The van der Waals surface area contributed by atoms with E-state index in [1.165, 1.54) is 12.1 Å². The number of carbonyl (C=O) groups excluding carboxylic acids is 1. The van der Waals surface area contributed by atoms with Gasteiger partial charge in [-0.25, -0.2) is 13.6 Å². The number of hydrogen-bond donors (Lipinski definition) is 2. The number of sulfonamides is 1. The van der Waals surface area contributed by atoms with Crippen LogP contribution in [0.15, 0.2) is 27.6 Å². The van der Waals surface area contributed by atoms with Crippen LogP contribution in [0.1, 0.15) is 23.7 Å². The fourth-order valence-corrected chi connectivity index (χ4v) is 2.43. The summed E-state index contributed by atoms with van der Waals surface area (Å²) in [5.74, 6) is -0.321. The topological polar surface area (TPSA) is 89.3 Å². The SMILES string of the molecule is CCCNC(=O)c1cc(Br)cc(S(N)(=O)=O)c1. The van der Waals surface area contributed by atoms with Gasteiger partial charge in [0.25, 0.3) is 5.91 Å². The van der Waals surface area contributed by atoms with Crippen molar-refractivity contribution < 1.29 is 13.2 Å². The molecule has 17 heavy (non-hydrogen) atoms. The summed E-state index contributed by atoms with van der Waals surface area (Å²) in [5.41, 5.74) is 0.261. The van der Waals surface area contributed by atoms with Gasteiger partial charge in [0, 0.05) is 16.6 Å². The van der Waals surface area contributed by atoms with Gasteiger partial charge in [0.15, 0.2) is 0 Å². The van der Waals surface area contributed by atoms with E-state index in [0.29, 0.717) is 11.0 Å². The quantitative estimate of drug-likeness (QED) is 0.874. The van der Waals surface area contributed by atoms with Crippen LogP contribution >= 0.6 is 15.9 Å². The van der Waals surface area contributed by atoms with Crippen molar-refractivity contribution in [2.45, 2.75) is 18.2 Å². The van der Waals surface area contributed by atoms with Gasteiger partial charge >= 0.3 is 0 Å². The molecule has 1 amide bonds. The van der Waals surface area contributed by atoms with Gasteiger partial charge in [0.1, 0.15) is 0 Å². The maximum absolute atomic E-state index is 11.7. The largest absolute Gasteiger partial charge is 0.352 e. The van der Waals surface area contributed by atoms with Gasteiger partial charge in [-0.15, -0.1) is 0 Å². The molecule has 0 heterocycles. The Bertz CT molecular complexity index is 528. The van der Waals surface area contributed by atoms with Gasteiger partial charge in [-0.3, -0.25) is 4.79 Å². The number of benzene rings is 1. The number of hydrogen-bond acceptors (Lipinski definition) is 3. The minimum absolute atomic E-state index is 0.0893. The van der Waals surface area contributed by atoms with Crippen molar-refractivity contribution in [1.82, 2.24) is 5.32 Å². The fourth-order valence-electron chi connectivity index (χ4n) is 1.20. The zero-order chi connectivity index (χ0) is 13.1. The zero-order valence-corrected chi connectivity index (χ0v) is 11.6. The molecule has 1 aromatic rings. The Morgan fingerprint density at radius 2 is 2.06 bits per heavy atom. The Balaban J connectivity index is 3.10. The highest BCUT2D eigenvalue weighted by Crippen LogP contribution is 2.18. The van der Waals surface area contributed by atoms with Gasteiger partial charge in [0.05, 0.1) is 4.90 Å². The average Bonchev–Trinajstić information content (AvgIpc) is 2.23. The summed E-state index contributed by atoms with van der Waals surface area (Å²) in [6.07, 6.45) is 0.807. The summed E-state index contributed by atoms with van der Waals surface area (Å²) in [4.78, 5) is 11.6. The van der Waals surface area contributed by atoms with Gasteiger partial charge < -0.3 is 5.32 Å². The van der Waals surface area contributed by atoms with Crippen molar-refractivity contribution in [3.05, 3.63) is 28.2 Å². The molecule has 0 spiro atoms. The lowest BCUT2D eigenvalue weighted by molar-refractivity contribution is 0.0953. The summed E-state index contributed by atoms with van der Waals surface area (Å²) in [5, 5.41) is 7.67. The molecular weight excluding hydrogens is 308 g/mol. The first-order chi connectivity index (χ1) is 7.84. The predicted octanol–water partition coefficient (Wildman–Crippen LogP) is 1.24. The van der Waals surface area contributed by atoms with Gasteiger partial charge in [-0.2, -0.15) is 0 Å². The molecule has 94 valence electrons. The lowest BCUT2D eigenvalue weighted by Gasteiger charge is -2.06. The second kappa shape index (κ2) is 5.61. The molecule has 0 aliphatic rings. The molecule has 0 saturated carbocycles. The van der Waals surface area contributed by atoms with Crippen LogP contribution < -0.4 is 10.5 Å². The van der Waals surface area contributed by atoms with Crippen molar-refractivity contribution in [1.29, 1.82) is 0 Å². The minimum Gasteiger partial charge on any atom is -0.352 e. The first-order valence-corrected chi connectivity index (χ1v) is 7.30. The third kappa shape index (κ3) is 4.10. The van der Waals surface area contributed by atoms with Crippen LogP contribution in [-0.2, 0) is 10.0 Å². The molecule has 1 rings (SSSR count). The molecule has 0 bridgehead atoms. The Hall–Kier alpha value is -0.920. The third-order valence-electron chi connectivity index (χ3n) is 2.00. The molecular formula is C10H13BrN2O3S. The Morgan fingerprint density at radius 3 is 2.59 bits per heavy atom. The van der Waals surface area contributed by atoms with E-state index < -0.39 is 10.0 Å². The number of halogens is 1. The molecule has 3 N–H and O–H groups in total. The van der Waals surface area contributed by atoms with E-state index >= 15 is 0 Å². The predicted molar refractivity (Wildman–Crippen MR) is 68.1 cm³/mol. The summed E-state index contributed by atoms with van der Waals surface area (Å²) < 4.78 is 22.9. The van der Waals surface area contributed by atoms with Crippen LogP contribution in [0.25, 0.3) is 0 Å². The second-order valence-corrected chi connectivity index (χ2v) is 5.95. The summed E-state index contributed by atoms with van der Waals surface area (Å²) in [6.45, 7) is 2.47. The molecule has 5 nitrogen and oxygen atoms in total. The molecule has 0 saturated heterocycles. The molecule has 1 aromatic carbocycles. The van der Waals surface area contributed by atoms with Gasteiger partial charge in [0.2, 0.25) is 10.0 Å². The first-order valence-electron chi connectivity index (χ1n) is 4.96. The average molecular weight is 321 g/mol. The molecule has 0 unspecified atom stereocenters. The minimum atomic E-state index is -3.81. The van der Waals surface area contributed by atoms with Crippen molar-refractivity contribution in [3.63, 3.8) is 0 Å². The van der Waals surface area contributed by atoms with Crippen LogP contribution in [0.5, 0.6) is 0 Å². The molecule has 0 fully saturated rings. The van der Waals surface area contributed by atoms with Crippen LogP contribution in [0.2, 0.25) is 0 Å². The summed E-state index contributed by atoms with van der Waals surface area (Å²) in [7, 11) is -3.81. The number of rotatable bonds is 4. The zero-order valence-electron chi connectivity index (χ0n) is 9.23. The first kappa shape index (κ1) is 14.1. The standard InChI is InChI=1S/C10H13BrN2O3S/c1-2-3-13-10(14)7-4-8(11)6-9(5-7)17(12,15)16/h4-6H,2-3H2,1H3,(H,13,14)(H2,12,15,16).